The highest BCUT2D eigenvalue weighted by molar-refractivity contribution is 7.54. The third-order valence-electron chi connectivity index (χ3n) is 5.41. The molecule has 0 spiro atoms. The zero-order valence-electron chi connectivity index (χ0n) is 15.6. The number of aliphatic hydroxyl groups excluding tert-OH is 1. The van der Waals surface area contributed by atoms with E-state index in [0.717, 1.165) is 51.4 Å². The van der Waals surface area contributed by atoms with Gasteiger partial charge in [0.05, 0.1) is 19.3 Å². The fourth-order valence-corrected chi connectivity index (χ4v) is 5.93. The number of rotatable bonds is 7. The SMILES string of the molecule is COc1ccc(C(O)P(=O)(OC2CCCCC2)OC2CCCCC2)cc1. The van der Waals surface area contributed by atoms with E-state index in [2.05, 4.69) is 0 Å². The topological polar surface area (TPSA) is 65.0 Å². The molecule has 0 heterocycles. The van der Waals surface area contributed by atoms with Gasteiger partial charge in [-0.2, -0.15) is 0 Å². The van der Waals surface area contributed by atoms with Crippen LogP contribution in [0.3, 0.4) is 0 Å². The molecule has 0 aromatic heterocycles. The molecule has 1 aromatic rings. The summed E-state index contributed by atoms with van der Waals surface area (Å²) in [5.41, 5.74) is 0.542. The Morgan fingerprint density at radius 1 is 0.885 bits per heavy atom. The molecule has 6 heteroatoms. The van der Waals surface area contributed by atoms with E-state index in [4.69, 9.17) is 13.8 Å². The molecule has 0 amide bonds. The van der Waals surface area contributed by atoms with Gasteiger partial charge in [0, 0.05) is 0 Å². The van der Waals surface area contributed by atoms with Crippen molar-refractivity contribution in [1.82, 2.24) is 0 Å². The van der Waals surface area contributed by atoms with Crippen LogP contribution < -0.4 is 4.74 Å². The van der Waals surface area contributed by atoms with E-state index in [1.165, 1.54) is 12.8 Å². The van der Waals surface area contributed by atoms with Crippen LogP contribution >= 0.6 is 7.60 Å². The van der Waals surface area contributed by atoms with Gasteiger partial charge in [0.2, 0.25) is 0 Å². The Labute approximate surface area is 156 Å². The molecule has 2 saturated carbocycles. The van der Waals surface area contributed by atoms with Gasteiger partial charge in [-0.05, 0) is 43.4 Å². The van der Waals surface area contributed by atoms with Crippen LogP contribution in [0.2, 0.25) is 0 Å². The van der Waals surface area contributed by atoms with Crippen LogP contribution in [0.15, 0.2) is 24.3 Å². The summed E-state index contributed by atoms with van der Waals surface area (Å²) in [6, 6.07) is 6.96. The molecule has 146 valence electrons. The van der Waals surface area contributed by atoms with E-state index in [-0.39, 0.29) is 12.2 Å². The number of methoxy groups -OCH3 is 1. The van der Waals surface area contributed by atoms with Gasteiger partial charge in [-0.15, -0.1) is 0 Å². The molecule has 0 aliphatic heterocycles. The quantitative estimate of drug-likeness (QED) is 0.624. The van der Waals surface area contributed by atoms with Gasteiger partial charge in [-0.25, -0.2) is 0 Å². The molecule has 0 bridgehead atoms. The highest BCUT2D eigenvalue weighted by Gasteiger charge is 2.41. The molecule has 5 nitrogen and oxygen atoms in total. The minimum absolute atomic E-state index is 0.0916. The summed E-state index contributed by atoms with van der Waals surface area (Å²) >= 11 is 0. The summed E-state index contributed by atoms with van der Waals surface area (Å²) in [6.07, 6.45) is 10.0. The van der Waals surface area contributed by atoms with Gasteiger partial charge in [0.1, 0.15) is 5.75 Å². The normalized spacial score (nSPS) is 21.5. The number of hydrogen-bond acceptors (Lipinski definition) is 5. The Morgan fingerprint density at radius 2 is 1.35 bits per heavy atom. The number of ether oxygens (including phenoxy) is 1. The average Bonchev–Trinajstić information content (AvgIpc) is 2.69. The molecule has 1 N–H and O–H groups in total. The van der Waals surface area contributed by atoms with Crippen molar-refractivity contribution in [3.63, 3.8) is 0 Å². The molecular formula is C20H31O5P. The Hall–Kier alpha value is -0.870. The second-order valence-corrected chi connectivity index (χ2v) is 9.41. The molecule has 3 rings (SSSR count). The Balaban J connectivity index is 1.78. The Bertz CT molecular complexity index is 567. The molecule has 1 aromatic carbocycles. The first-order chi connectivity index (χ1) is 12.6. The summed E-state index contributed by atoms with van der Waals surface area (Å²) in [6.45, 7) is 0. The van der Waals surface area contributed by atoms with Crippen molar-refractivity contribution < 1.29 is 23.5 Å². The zero-order valence-corrected chi connectivity index (χ0v) is 16.5. The standard InChI is InChI=1S/C20H31O5P/c1-23-17-14-12-16(13-15-17)20(21)26(22,24-18-8-4-2-5-9-18)25-19-10-6-3-7-11-19/h12-15,18-21H,2-11H2,1H3. The van der Waals surface area contributed by atoms with Crippen LogP contribution in [0.4, 0.5) is 0 Å². The van der Waals surface area contributed by atoms with E-state index in [1.54, 1.807) is 31.4 Å². The van der Waals surface area contributed by atoms with Gasteiger partial charge in [-0.3, -0.25) is 4.57 Å². The van der Waals surface area contributed by atoms with Crippen molar-refractivity contribution in [3.8, 4) is 5.75 Å². The molecule has 2 fully saturated rings. The maximum atomic E-state index is 13.7. The lowest BCUT2D eigenvalue weighted by Gasteiger charge is -2.33. The van der Waals surface area contributed by atoms with Gasteiger partial charge in [0.15, 0.2) is 5.85 Å². The molecule has 0 saturated heterocycles. The van der Waals surface area contributed by atoms with Crippen molar-refractivity contribution in [3.05, 3.63) is 29.8 Å². The average molecular weight is 382 g/mol. The Kier molecular flexibility index (Phi) is 7.16. The first kappa shape index (κ1) is 19.9. The van der Waals surface area contributed by atoms with Crippen molar-refractivity contribution in [2.75, 3.05) is 7.11 Å². The summed E-state index contributed by atoms with van der Waals surface area (Å²) in [4.78, 5) is 0. The van der Waals surface area contributed by atoms with Crippen LogP contribution in [0.5, 0.6) is 5.75 Å². The van der Waals surface area contributed by atoms with E-state index in [9.17, 15) is 9.67 Å². The molecule has 26 heavy (non-hydrogen) atoms. The molecule has 2 aliphatic carbocycles. The largest absolute Gasteiger partial charge is 0.497 e. The third kappa shape index (κ3) is 5.10. The van der Waals surface area contributed by atoms with Crippen LogP contribution in [0.1, 0.15) is 75.6 Å². The number of aliphatic hydroxyl groups is 1. The van der Waals surface area contributed by atoms with Crippen molar-refractivity contribution in [2.24, 2.45) is 0 Å². The predicted molar refractivity (Wildman–Crippen MR) is 101 cm³/mol. The monoisotopic (exact) mass is 382 g/mol. The van der Waals surface area contributed by atoms with Crippen molar-refractivity contribution in [2.45, 2.75) is 82.3 Å². The minimum atomic E-state index is -3.68. The predicted octanol–water partition coefficient (Wildman–Crippen LogP) is 5.58. The first-order valence-electron chi connectivity index (χ1n) is 9.89. The Morgan fingerprint density at radius 3 is 1.77 bits per heavy atom. The van der Waals surface area contributed by atoms with Gasteiger partial charge < -0.3 is 18.9 Å². The van der Waals surface area contributed by atoms with Crippen LogP contribution in [-0.2, 0) is 13.6 Å². The highest BCUT2D eigenvalue weighted by atomic mass is 31.2. The van der Waals surface area contributed by atoms with Crippen molar-refractivity contribution in [1.29, 1.82) is 0 Å². The van der Waals surface area contributed by atoms with Crippen LogP contribution in [0, 0.1) is 0 Å². The summed E-state index contributed by atoms with van der Waals surface area (Å²) in [5.74, 6) is -0.575. The maximum absolute atomic E-state index is 13.7. The number of hydrogen-bond donors (Lipinski definition) is 1. The smallest absolute Gasteiger partial charge is 0.363 e. The maximum Gasteiger partial charge on any atom is 0.363 e. The molecule has 0 radical (unpaired) electrons. The first-order valence-corrected chi connectivity index (χ1v) is 11.5. The number of benzene rings is 1. The van der Waals surface area contributed by atoms with E-state index >= 15 is 0 Å². The molecule has 2 aliphatic rings. The summed E-state index contributed by atoms with van der Waals surface area (Å²) in [7, 11) is -2.09. The van der Waals surface area contributed by atoms with Crippen molar-refractivity contribution >= 4 is 7.60 Å². The molecule has 1 atom stereocenters. The molecular weight excluding hydrogens is 351 g/mol. The minimum Gasteiger partial charge on any atom is -0.497 e. The lowest BCUT2D eigenvalue weighted by atomic mass is 9.98. The van der Waals surface area contributed by atoms with E-state index < -0.39 is 13.4 Å². The highest BCUT2D eigenvalue weighted by Crippen LogP contribution is 2.62. The zero-order chi connectivity index (χ0) is 18.4. The van der Waals surface area contributed by atoms with E-state index in [1.807, 2.05) is 0 Å². The van der Waals surface area contributed by atoms with Gasteiger partial charge in [-0.1, -0.05) is 50.7 Å². The second-order valence-electron chi connectivity index (χ2n) is 7.42. The fourth-order valence-electron chi connectivity index (χ4n) is 3.86. The van der Waals surface area contributed by atoms with E-state index in [0.29, 0.717) is 11.3 Å². The van der Waals surface area contributed by atoms with Gasteiger partial charge >= 0.3 is 7.60 Å². The van der Waals surface area contributed by atoms with Gasteiger partial charge in [0.25, 0.3) is 0 Å². The van der Waals surface area contributed by atoms with Crippen LogP contribution in [0.25, 0.3) is 0 Å². The second kappa shape index (κ2) is 9.36. The fraction of sp³-hybridized carbons (Fsp3) is 0.700. The molecule has 1 unspecified atom stereocenters. The lowest BCUT2D eigenvalue weighted by Crippen LogP contribution is -2.22. The third-order valence-corrected chi connectivity index (χ3v) is 7.49. The lowest BCUT2D eigenvalue weighted by molar-refractivity contribution is 0.0545. The summed E-state index contributed by atoms with van der Waals surface area (Å²) in [5, 5.41) is 10.9. The summed E-state index contributed by atoms with van der Waals surface area (Å²) < 4.78 is 30.9. The van der Waals surface area contributed by atoms with Crippen LogP contribution in [-0.4, -0.2) is 24.4 Å².